The second kappa shape index (κ2) is 6.53. The van der Waals surface area contributed by atoms with Gasteiger partial charge >= 0.3 is 6.18 Å². The third-order valence-electron chi connectivity index (χ3n) is 3.54. The average molecular weight is 307 g/mol. The van der Waals surface area contributed by atoms with E-state index in [0.29, 0.717) is 6.42 Å². The largest absolute Gasteiger partial charge is 0.416 e. The van der Waals surface area contributed by atoms with Crippen LogP contribution in [0, 0.1) is 0 Å². The standard InChI is InChI=1S/C18H20F3N/c1-17(2,22-13-15-6-4-3-5-7-15)12-14-8-10-16(11-9-14)18(19,20)21/h3-11,22H,12-13H2,1-2H3. The Hall–Kier alpha value is -1.81. The van der Waals surface area contributed by atoms with E-state index in [-0.39, 0.29) is 5.54 Å². The molecule has 0 unspecified atom stereocenters. The lowest BCUT2D eigenvalue weighted by atomic mass is 9.94. The first-order valence-electron chi connectivity index (χ1n) is 7.21. The first kappa shape index (κ1) is 16.6. The Morgan fingerprint density at radius 3 is 1.95 bits per heavy atom. The number of halogens is 3. The summed E-state index contributed by atoms with van der Waals surface area (Å²) in [5, 5.41) is 3.45. The van der Waals surface area contributed by atoms with Gasteiger partial charge in [-0.1, -0.05) is 42.5 Å². The van der Waals surface area contributed by atoms with Crippen molar-refractivity contribution in [3.8, 4) is 0 Å². The summed E-state index contributed by atoms with van der Waals surface area (Å²) in [6.07, 6.45) is -3.61. The lowest BCUT2D eigenvalue weighted by Gasteiger charge is -2.27. The summed E-state index contributed by atoms with van der Waals surface area (Å²) < 4.78 is 37.7. The summed E-state index contributed by atoms with van der Waals surface area (Å²) in [5.74, 6) is 0. The van der Waals surface area contributed by atoms with Crippen LogP contribution in [0.5, 0.6) is 0 Å². The third kappa shape index (κ3) is 4.88. The van der Waals surface area contributed by atoms with Crippen molar-refractivity contribution >= 4 is 0 Å². The van der Waals surface area contributed by atoms with Crippen LogP contribution in [0.2, 0.25) is 0 Å². The van der Waals surface area contributed by atoms with E-state index in [4.69, 9.17) is 0 Å². The highest BCUT2D eigenvalue weighted by molar-refractivity contribution is 5.26. The Kier molecular flexibility index (Phi) is 4.91. The second-order valence-electron chi connectivity index (χ2n) is 6.09. The summed E-state index contributed by atoms with van der Waals surface area (Å²) in [6, 6.07) is 15.4. The zero-order valence-electron chi connectivity index (χ0n) is 12.7. The summed E-state index contributed by atoms with van der Waals surface area (Å²) in [6.45, 7) is 4.83. The summed E-state index contributed by atoms with van der Waals surface area (Å²) in [4.78, 5) is 0. The molecule has 2 aromatic rings. The van der Waals surface area contributed by atoms with E-state index in [1.165, 1.54) is 5.56 Å². The summed E-state index contributed by atoms with van der Waals surface area (Å²) in [5.41, 5.74) is 1.27. The lowest BCUT2D eigenvalue weighted by Crippen LogP contribution is -2.40. The van der Waals surface area contributed by atoms with Gasteiger partial charge in [0.2, 0.25) is 0 Å². The van der Waals surface area contributed by atoms with Crippen molar-refractivity contribution in [1.29, 1.82) is 0 Å². The SMILES string of the molecule is CC(C)(Cc1ccc(C(F)(F)F)cc1)NCc1ccccc1. The Labute approximate surface area is 129 Å². The van der Waals surface area contributed by atoms with Gasteiger partial charge in [-0.25, -0.2) is 0 Å². The monoisotopic (exact) mass is 307 g/mol. The van der Waals surface area contributed by atoms with Gasteiger partial charge in [-0.3, -0.25) is 0 Å². The number of hydrogen-bond donors (Lipinski definition) is 1. The minimum Gasteiger partial charge on any atom is -0.307 e. The molecule has 0 aliphatic rings. The lowest BCUT2D eigenvalue weighted by molar-refractivity contribution is -0.137. The fourth-order valence-corrected chi connectivity index (χ4v) is 2.32. The predicted molar refractivity (Wildman–Crippen MR) is 82.5 cm³/mol. The predicted octanol–water partition coefficient (Wildman–Crippen LogP) is 4.82. The molecule has 118 valence electrons. The number of alkyl halides is 3. The van der Waals surface area contributed by atoms with Crippen molar-refractivity contribution in [3.63, 3.8) is 0 Å². The Morgan fingerprint density at radius 1 is 0.818 bits per heavy atom. The van der Waals surface area contributed by atoms with E-state index < -0.39 is 11.7 Å². The Morgan fingerprint density at radius 2 is 1.41 bits per heavy atom. The average Bonchev–Trinajstić information content (AvgIpc) is 2.46. The number of hydrogen-bond acceptors (Lipinski definition) is 1. The fraction of sp³-hybridized carbons (Fsp3) is 0.333. The van der Waals surface area contributed by atoms with Crippen molar-refractivity contribution in [3.05, 3.63) is 71.3 Å². The molecule has 0 fully saturated rings. The number of benzene rings is 2. The highest BCUT2D eigenvalue weighted by Gasteiger charge is 2.30. The molecule has 0 radical (unpaired) electrons. The van der Waals surface area contributed by atoms with E-state index in [1.807, 2.05) is 44.2 Å². The van der Waals surface area contributed by atoms with Crippen LogP contribution in [0.25, 0.3) is 0 Å². The minimum atomic E-state index is -4.28. The van der Waals surface area contributed by atoms with Gasteiger partial charge in [0, 0.05) is 12.1 Å². The molecule has 1 nitrogen and oxygen atoms in total. The van der Waals surface area contributed by atoms with Crippen molar-refractivity contribution in [1.82, 2.24) is 5.32 Å². The van der Waals surface area contributed by atoms with Gasteiger partial charge in [-0.05, 0) is 43.5 Å². The highest BCUT2D eigenvalue weighted by Crippen LogP contribution is 2.29. The Bertz CT molecular complexity index is 586. The van der Waals surface area contributed by atoms with Gasteiger partial charge in [0.15, 0.2) is 0 Å². The molecule has 0 bridgehead atoms. The zero-order chi connectivity index (χ0) is 16.2. The topological polar surface area (TPSA) is 12.0 Å². The first-order valence-corrected chi connectivity index (χ1v) is 7.21. The molecular formula is C18H20F3N. The van der Waals surface area contributed by atoms with Crippen LogP contribution in [0.3, 0.4) is 0 Å². The molecule has 0 amide bonds. The quantitative estimate of drug-likeness (QED) is 0.835. The van der Waals surface area contributed by atoms with Crippen molar-refractivity contribution in [2.75, 3.05) is 0 Å². The molecule has 0 aromatic heterocycles. The fourth-order valence-electron chi connectivity index (χ4n) is 2.32. The van der Waals surface area contributed by atoms with E-state index >= 15 is 0 Å². The zero-order valence-corrected chi connectivity index (χ0v) is 12.7. The van der Waals surface area contributed by atoms with E-state index in [0.717, 1.165) is 24.2 Å². The number of rotatable bonds is 5. The van der Waals surface area contributed by atoms with Crippen LogP contribution in [-0.2, 0) is 19.1 Å². The smallest absolute Gasteiger partial charge is 0.307 e. The molecule has 1 N–H and O–H groups in total. The molecule has 4 heteroatoms. The maximum Gasteiger partial charge on any atom is 0.416 e. The number of nitrogens with one attached hydrogen (secondary N) is 1. The van der Waals surface area contributed by atoms with Gasteiger partial charge in [-0.15, -0.1) is 0 Å². The molecule has 0 saturated heterocycles. The van der Waals surface area contributed by atoms with E-state index in [9.17, 15) is 13.2 Å². The summed E-state index contributed by atoms with van der Waals surface area (Å²) >= 11 is 0. The molecule has 22 heavy (non-hydrogen) atoms. The molecule has 0 heterocycles. The van der Waals surface area contributed by atoms with Crippen molar-refractivity contribution in [2.45, 2.75) is 38.5 Å². The van der Waals surface area contributed by atoms with Gasteiger partial charge in [0.05, 0.1) is 5.56 Å². The van der Waals surface area contributed by atoms with E-state index in [2.05, 4.69) is 5.32 Å². The van der Waals surface area contributed by atoms with Crippen LogP contribution in [0.4, 0.5) is 13.2 Å². The summed E-state index contributed by atoms with van der Waals surface area (Å²) in [7, 11) is 0. The van der Waals surface area contributed by atoms with E-state index in [1.54, 1.807) is 12.1 Å². The van der Waals surface area contributed by atoms with Gasteiger partial charge in [-0.2, -0.15) is 13.2 Å². The van der Waals surface area contributed by atoms with Crippen LogP contribution in [-0.4, -0.2) is 5.54 Å². The van der Waals surface area contributed by atoms with Gasteiger partial charge in [0.25, 0.3) is 0 Å². The van der Waals surface area contributed by atoms with Crippen LogP contribution in [0.1, 0.15) is 30.5 Å². The van der Waals surface area contributed by atoms with Crippen molar-refractivity contribution < 1.29 is 13.2 Å². The van der Waals surface area contributed by atoms with Crippen molar-refractivity contribution in [2.24, 2.45) is 0 Å². The molecule has 2 aromatic carbocycles. The normalized spacial score (nSPS) is 12.4. The minimum absolute atomic E-state index is 0.199. The maximum absolute atomic E-state index is 12.6. The molecule has 0 saturated carbocycles. The van der Waals surface area contributed by atoms with Crippen LogP contribution in [0.15, 0.2) is 54.6 Å². The second-order valence-corrected chi connectivity index (χ2v) is 6.09. The van der Waals surface area contributed by atoms with Crippen LogP contribution >= 0.6 is 0 Å². The molecule has 0 aliphatic heterocycles. The van der Waals surface area contributed by atoms with Gasteiger partial charge < -0.3 is 5.32 Å². The molecule has 0 aliphatic carbocycles. The maximum atomic E-state index is 12.6. The van der Waals surface area contributed by atoms with Gasteiger partial charge in [0.1, 0.15) is 0 Å². The molecule has 2 rings (SSSR count). The molecule has 0 spiro atoms. The van der Waals surface area contributed by atoms with Crippen LogP contribution < -0.4 is 5.32 Å². The molecule has 0 atom stereocenters. The Balaban J connectivity index is 1.96. The highest BCUT2D eigenvalue weighted by atomic mass is 19.4. The molecular weight excluding hydrogens is 287 g/mol. The first-order chi connectivity index (χ1) is 10.3. The third-order valence-corrected chi connectivity index (χ3v) is 3.54.